The molecule has 2 aromatic rings. The Bertz CT molecular complexity index is 497. The third-order valence-corrected chi connectivity index (χ3v) is 3.57. The first-order valence-corrected chi connectivity index (χ1v) is 5.94. The summed E-state index contributed by atoms with van der Waals surface area (Å²) < 4.78 is 2.16. The maximum atomic E-state index is 4.30. The smallest absolute Gasteiger partial charge is 0.0994 e. The molecule has 1 aliphatic heterocycles. The van der Waals surface area contributed by atoms with Crippen molar-refractivity contribution in [3.05, 3.63) is 42.7 Å². The number of aromatic nitrogens is 3. The van der Waals surface area contributed by atoms with Gasteiger partial charge in [0.25, 0.3) is 0 Å². The summed E-state index contributed by atoms with van der Waals surface area (Å²) in [5.74, 6) is 0. The van der Waals surface area contributed by atoms with Gasteiger partial charge in [0.1, 0.15) is 0 Å². The summed E-state index contributed by atoms with van der Waals surface area (Å²) in [6.07, 6.45) is 8.65. The van der Waals surface area contributed by atoms with Crippen LogP contribution in [0.4, 0.5) is 0 Å². The van der Waals surface area contributed by atoms with Crippen LogP contribution in [-0.4, -0.2) is 27.6 Å². The van der Waals surface area contributed by atoms with Crippen LogP contribution >= 0.6 is 0 Å². The fraction of sp³-hybridized carbons (Fsp3) is 0.385. The summed E-state index contributed by atoms with van der Waals surface area (Å²) in [5.41, 5.74) is 2.58. The average Bonchev–Trinajstić information content (AvgIpc) is 2.99. The van der Waals surface area contributed by atoms with E-state index in [2.05, 4.69) is 26.8 Å². The van der Waals surface area contributed by atoms with Crippen LogP contribution in [0.5, 0.6) is 0 Å². The Morgan fingerprint density at radius 2 is 2.12 bits per heavy atom. The second-order valence-electron chi connectivity index (χ2n) is 4.84. The van der Waals surface area contributed by atoms with E-state index in [1.807, 2.05) is 37.1 Å². The number of hydrogen-bond acceptors (Lipinski definition) is 3. The summed E-state index contributed by atoms with van der Waals surface area (Å²) in [6, 6.07) is 4.02. The first-order chi connectivity index (χ1) is 8.30. The van der Waals surface area contributed by atoms with Crippen molar-refractivity contribution in [1.29, 1.82) is 0 Å². The van der Waals surface area contributed by atoms with Crippen molar-refractivity contribution in [2.24, 2.45) is 0 Å². The van der Waals surface area contributed by atoms with Gasteiger partial charge in [0.05, 0.1) is 6.33 Å². The van der Waals surface area contributed by atoms with Crippen LogP contribution in [0.15, 0.2) is 37.1 Å². The molecule has 0 aliphatic carbocycles. The Kier molecular flexibility index (Phi) is 2.44. The Hall–Kier alpha value is -1.68. The normalized spacial score (nSPS) is 24.1. The second-order valence-corrected chi connectivity index (χ2v) is 4.84. The Labute approximate surface area is 101 Å². The molecule has 0 radical (unpaired) electrons. The number of rotatable bonds is 2. The first-order valence-electron chi connectivity index (χ1n) is 5.94. The van der Waals surface area contributed by atoms with Gasteiger partial charge in [0.2, 0.25) is 0 Å². The molecule has 0 spiro atoms. The fourth-order valence-corrected chi connectivity index (χ4v) is 2.49. The maximum absolute atomic E-state index is 4.30. The lowest BCUT2D eigenvalue weighted by Gasteiger charge is -2.24. The number of imidazole rings is 1. The predicted molar refractivity (Wildman–Crippen MR) is 66.2 cm³/mol. The maximum Gasteiger partial charge on any atom is 0.0994 e. The highest BCUT2D eigenvalue weighted by atomic mass is 15.1. The topological polar surface area (TPSA) is 42.7 Å². The fourth-order valence-electron chi connectivity index (χ4n) is 2.49. The minimum Gasteiger partial charge on any atom is -0.316 e. The van der Waals surface area contributed by atoms with E-state index in [-0.39, 0.29) is 5.41 Å². The number of nitrogens with zero attached hydrogens (tertiary/aromatic N) is 3. The molecule has 4 nitrogen and oxygen atoms in total. The minimum atomic E-state index is 0.180. The van der Waals surface area contributed by atoms with Crippen LogP contribution in [0.2, 0.25) is 0 Å². The van der Waals surface area contributed by atoms with Gasteiger partial charge in [-0.3, -0.25) is 4.98 Å². The van der Waals surface area contributed by atoms with Crippen molar-refractivity contribution in [2.45, 2.75) is 18.8 Å². The Morgan fingerprint density at radius 1 is 1.29 bits per heavy atom. The van der Waals surface area contributed by atoms with Gasteiger partial charge in [-0.15, -0.1) is 0 Å². The molecule has 1 fully saturated rings. The van der Waals surface area contributed by atoms with Crippen molar-refractivity contribution in [3.63, 3.8) is 0 Å². The largest absolute Gasteiger partial charge is 0.316 e. The SMILES string of the molecule is CC1(c2cncn2-c2ccncc2)CCNC1. The van der Waals surface area contributed by atoms with E-state index < -0.39 is 0 Å². The molecule has 4 heteroatoms. The highest BCUT2D eigenvalue weighted by Crippen LogP contribution is 2.31. The lowest BCUT2D eigenvalue weighted by molar-refractivity contribution is 0.499. The molecule has 0 amide bonds. The summed E-state index contributed by atoms with van der Waals surface area (Å²) in [6.45, 7) is 4.39. The lowest BCUT2D eigenvalue weighted by atomic mass is 9.86. The van der Waals surface area contributed by atoms with Crippen molar-refractivity contribution in [3.8, 4) is 5.69 Å². The van der Waals surface area contributed by atoms with Gasteiger partial charge in [-0.2, -0.15) is 0 Å². The lowest BCUT2D eigenvalue weighted by Crippen LogP contribution is -2.27. The molecule has 1 aliphatic rings. The van der Waals surface area contributed by atoms with Crippen molar-refractivity contribution in [1.82, 2.24) is 19.9 Å². The van der Waals surface area contributed by atoms with Gasteiger partial charge in [-0.25, -0.2) is 4.98 Å². The second kappa shape index (κ2) is 3.96. The van der Waals surface area contributed by atoms with E-state index in [0.717, 1.165) is 25.2 Å². The Balaban J connectivity index is 2.05. The average molecular weight is 228 g/mol. The van der Waals surface area contributed by atoms with Crippen LogP contribution in [0.1, 0.15) is 19.0 Å². The van der Waals surface area contributed by atoms with E-state index >= 15 is 0 Å². The van der Waals surface area contributed by atoms with Crippen LogP contribution in [0, 0.1) is 0 Å². The van der Waals surface area contributed by atoms with Crippen LogP contribution in [0.3, 0.4) is 0 Å². The molecule has 0 bridgehead atoms. The highest BCUT2D eigenvalue weighted by molar-refractivity contribution is 5.34. The van der Waals surface area contributed by atoms with Gasteiger partial charge in [0.15, 0.2) is 0 Å². The van der Waals surface area contributed by atoms with Crippen LogP contribution in [-0.2, 0) is 5.41 Å². The molecule has 0 aromatic carbocycles. The molecule has 1 unspecified atom stereocenters. The molecule has 3 heterocycles. The molecule has 1 atom stereocenters. The van der Waals surface area contributed by atoms with Crippen LogP contribution in [0.25, 0.3) is 5.69 Å². The van der Waals surface area contributed by atoms with Gasteiger partial charge in [0, 0.05) is 41.9 Å². The van der Waals surface area contributed by atoms with E-state index in [1.165, 1.54) is 5.69 Å². The molecule has 1 N–H and O–H groups in total. The van der Waals surface area contributed by atoms with Gasteiger partial charge in [-0.05, 0) is 25.1 Å². The van der Waals surface area contributed by atoms with E-state index in [4.69, 9.17) is 0 Å². The third kappa shape index (κ3) is 1.74. The third-order valence-electron chi connectivity index (χ3n) is 3.57. The van der Waals surface area contributed by atoms with Crippen LogP contribution < -0.4 is 5.32 Å². The van der Waals surface area contributed by atoms with Crippen molar-refractivity contribution in [2.75, 3.05) is 13.1 Å². The number of pyridine rings is 1. The van der Waals surface area contributed by atoms with Crippen molar-refractivity contribution >= 4 is 0 Å². The van der Waals surface area contributed by atoms with E-state index in [9.17, 15) is 0 Å². The molecule has 88 valence electrons. The zero-order valence-corrected chi connectivity index (χ0v) is 9.93. The molecular weight excluding hydrogens is 212 g/mol. The summed E-state index contributed by atoms with van der Waals surface area (Å²) in [4.78, 5) is 8.36. The number of hydrogen-bond donors (Lipinski definition) is 1. The first kappa shape index (κ1) is 10.5. The monoisotopic (exact) mass is 228 g/mol. The van der Waals surface area contributed by atoms with Gasteiger partial charge < -0.3 is 9.88 Å². The zero-order chi connectivity index (χ0) is 11.7. The summed E-state index contributed by atoms with van der Waals surface area (Å²) in [7, 11) is 0. The Morgan fingerprint density at radius 3 is 2.82 bits per heavy atom. The molecule has 1 saturated heterocycles. The molecule has 17 heavy (non-hydrogen) atoms. The molecule has 3 rings (SSSR count). The summed E-state index contributed by atoms with van der Waals surface area (Å²) in [5, 5.41) is 3.43. The minimum absolute atomic E-state index is 0.180. The molecule has 2 aromatic heterocycles. The van der Waals surface area contributed by atoms with E-state index in [0.29, 0.717) is 0 Å². The van der Waals surface area contributed by atoms with Gasteiger partial charge >= 0.3 is 0 Å². The van der Waals surface area contributed by atoms with Crippen molar-refractivity contribution < 1.29 is 0 Å². The summed E-state index contributed by atoms with van der Waals surface area (Å²) >= 11 is 0. The molecular formula is C13H16N4. The van der Waals surface area contributed by atoms with Gasteiger partial charge in [-0.1, -0.05) is 6.92 Å². The predicted octanol–water partition coefficient (Wildman–Crippen LogP) is 1.52. The highest BCUT2D eigenvalue weighted by Gasteiger charge is 2.33. The quantitative estimate of drug-likeness (QED) is 0.847. The van der Waals surface area contributed by atoms with E-state index in [1.54, 1.807) is 0 Å². The molecule has 0 saturated carbocycles. The zero-order valence-electron chi connectivity index (χ0n) is 9.93. The standard InChI is InChI=1S/C13H16N4/c1-13(4-7-15-9-13)12-8-16-10-17(12)11-2-5-14-6-3-11/h2-3,5-6,8,10,15H,4,7,9H2,1H3. The number of nitrogens with one attached hydrogen (secondary N) is 1.